The predicted octanol–water partition coefficient (Wildman–Crippen LogP) is 3.54. The summed E-state index contributed by atoms with van der Waals surface area (Å²) in [5.74, 6) is -1.45. The van der Waals surface area contributed by atoms with Crippen molar-refractivity contribution in [3.63, 3.8) is 0 Å². The Labute approximate surface area is 137 Å². The van der Waals surface area contributed by atoms with E-state index in [1.807, 2.05) is 0 Å². The maximum absolute atomic E-state index is 12.6. The Bertz CT molecular complexity index is 747. The maximum Gasteiger partial charge on any atom is 0.416 e. The molecular formula is C15H10BrF3N2O2. The number of alkyl halides is 3. The molecule has 0 bridgehead atoms. The molecule has 2 aromatic carbocycles. The van der Waals surface area contributed by atoms with E-state index in [0.29, 0.717) is 10.5 Å². The normalized spacial score (nSPS) is 11.0. The van der Waals surface area contributed by atoms with Crippen molar-refractivity contribution in [1.29, 1.82) is 0 Å². The van der Waals surface area contributed by atoms with E-state index >= 15 is 0 Å². The summed E-state index contributed by atoms with van der Waals surface area (Å²) in [6, 6.07) is 10.4. The van der Waals surface area contributed by atoms with Crippen molar-refractivity contribution in [2.24, 2.45) is 0 Å². The molecule has 0 fully saturated rings. The van der Waals surface area contributed by atoms with Crippen LogP contribution in [-0.4, -0.2) is 11.8 Å². The van der Waals surface area contributed by atoms with Gasteiger partial charge < -0.3 is 0 Å². The molecule has 0 aliphatic carbocycles. The number of hydrazine groups is 1. The molecule has 0 spiro atoms. The molecule has 0 saturated heterocycles. The summed E-state index contributed by atoms with van der Waals surface area (Å²) in [4.78, 5) is 23.7. The Morgan fingerprint density at radius 1 is 0.913 bits per heavy atom. The SMILES string of the molecule is O=C(NNC(=O)c1ccccc1Br)c1cccc(C(F)(F)F)c1. The fourth-order valence-corrected chi connectivity index (χ4v) is 2.20. The molecule has 0 aliphatic heterocycles. The van der Waals surface area contributed by atoms with E-state index in [0.717, 1.165) is 12.1 Å². The van der Waals surface area contributed by atoms with Crippen LogP contribution in [0.4, 0.5) is 13.2 Å². The average Bonchev–Trinajstić information content (AvgIpc) is 2.52. The standard InChI is InChI=1S/C15H10BrF3N2O2/c16-12-7-2-1-6-11(12)14(23)21-20-13(22)9-4-3-5-10(8-9)15(17,18)19/h1-8H,(H,20,22)(H,21,23). The third-order valence-corrected chi connectivity index (χ3v) is 3.55. The number of rotatable bonds is 2. The van der Waals surface area contributed by atoms with E-state index < -0.39 is 23.6 Å². The summed E-state index contributed by atoms with van der Waals surface area (Å²) in [5.41, 5.74) is 3.34. The van der Waals surface area contributed by atoms with Crippen LogP contribution < -0.4 is 10.9 Å². The van der Waals surface area contributed by atoms with Gasteiger partial charge in [-0.2, -0.15) is 13.2 Å². The van der Waals surface area contributed by atoms with Crippen molar-refractivity contribution in [2.75, 3.05) is 0 Å². The minimum atomic E-state index is -4.55. The Balaban J connectivity index is 2.06. The number of amides is 2. The Morgan fingerprint density at radius 3 is 2.22 bits per heavy atom. The van der Waals surface area contributed by atoms with Gasteiger partial charge in [-0.3, -0.25) is 20.4 Å². The van der Waals surface area contributed by atoms with Crippen LogP contribution in [0.1, 0.15) is 26.3 Å². The third kappa shape index (κ3) is 4.32. The second kappa shape index (κ2) is 6.82. The highest BCUT2D eigenvalue weighted by Crippen LogP contribution is 2.29. The first-order valence-electron chi connectivity index (χ1n) is 6.31. The Hall–Kier alpha value is -2.35. The van der Waals surface area contributed by atoms with E-state index in [-0.39, 0.29) is 11.1 Å². The molecule has 8 heteroatoms. The maximum atomic E-state index is 12.6. The third-order valence-electron chi connectivity index (χ3n) is 2.86. The molecular weight excluding hydrogens is 377 g/mol. The second-order valence-electron chi connectivity index (χ2n) is 4.47. The molecule has 4 nitrogen and oxygen atoms in total. The van der Waals surface area contributed by atoms with Gasteiger partial charge in [0.15, 0.2) is 0 Å². The molecule has 0 heterocycles. The molecule has 0 saturated carbocycles. The zero-order chi connectivity index (χ0) is 17.0. The molecule has 0 aromatic heterocycles. The minimum absolute atomic E-state index is 0.216. The molecule has 2 rings (SSSR count). The lowest BCUT2D eigenvalue weighted by molar-refractivity contribution is -0.137. The van der Waals surface area contributed by atoms with E-state index in [1.54, 1.807) is 18.2 Å². The average molecular weight is 387 g/mol. The van der Waals surface area contributed by atoms with E-state index in [9.17, 15) is 22.8 Å². The first kappa shape index (κ1) is 17.0. The lowest BCUT2D eigenvalue weighted by atomic mass is 10.1. The molecule has 0 radical (unpaired) electrons. The van der Waals surface area contributed by atoms with Crippen LogP contribution in [-0.2, 0) is 6.18 Å². The van der Waals surface area contributed by atoms with Gasteiger partial charge in [-0.25, -0.2) is 0 Å². The number of carbonyl (C=O) groups excluding carboxylic acids is 2. The minimum Gasteiger partial charge on any atom is -0.267 e. The van der Waals surface area contributed by atoms with E-state index in [1.165, 1.54) is 12.1 Å². The number of nitrogens with one attached hydrogen (secondary N) is 2. The van der Waals surface area contributed by atoms with Crippen molar-refractivity contribution < 1.29 is 22.8 Å². The van der Waals surface area contributed by atoms with Crippen molar-refractivity contribution in [2.45, 2.75) is 6.18 Å². The first-order valence-corrected chi connectivity index (χ1v) is 7.11. The topological polar surface area (TPSA) is 58.2 Å². The largest absolute Gasteiger partial charge is 0.416 e. The zero-order valence-corrected chi connectivity index (χ0v) is 13.0. The molecule has 2 amide bonds. The molecule has 2 N–H and O–H groups in total. The van der Waals surface area contributed by atoms with Gasteiger partial charge in [0.05, 0.1) is 11.1 Å². The summed E-state index contributed by atoms with van der Waals surface area (Å²) in [6.45, 7) is 0. The zero-order valence-electron chi connectivity index (χ0n) is 11.4. The monoisotopic (exact) mass is 386 g/mol. The van der Waals surface area contributed by atoms with Crippen molar-refractivity contribution >= 4 is 27.7 Å². The van der Waals surface area contributed by atoms with Gasteiger partial charge in [0.2, 0.25) is 0 Å². The van der Waals surface area contributed by atoms with Gasteiger partial charge in [0.1, 0.15) is 0 Å². The predicted molar refractivity (Wildman–Crippen MR) is 80.5 cm³/mol. The molecule has 120 valence electrons. The molecule has 0 atom stereocenters. The summed E-state index contributed by atoms with van der Waals surface area (Å²) >= 11 is 3.18. The summed E-state index contributed by atoms with van der Waals surface area (Å²) < 4.78 is 38.3. The molecule has 0 unspecified atom stereocenters. The summed E-state index contributed by atoms with van der Waals surface area (Å²) in [6.07, 6.45) is -4.55. The number of halogens is 4. The number of benzene rings is 2. The van der Waals surface area contributed by atoms with E-state index in [4.69, 9.17) is 0 Å². The van der Waals surface area contributed by atoms with Crippen LogP contribution in [0.15, 0.2) is 53.0 Å². The van der Waals surface area contributed by atoms with Crippen LogP contribution in [0.3, 0.4) is 0 Å². The molecule has 23 heavy (non-hydrogen) atoms. The van der Waals surface area contributed by atoms with Gasteiger partial charge in [-0.05, 0) is 46.3 Å². The molecule has 2 aromatic rings. The highest BCUT2D eigenvalue weighted by Gasteiger charge is 2.30. The van der Waals surface area contributed by atoms with Gasteiger partial charge >= 0.3 is 6.18 Å². The van der Waals surface area contributed by atoms with Crippen molar-refractivity contribution in [1.82, 2.24) is 10.9 Å². The van der Waals surface area contributed by atoms with E-state index in [2.05, 4.69) is 26.8 Å². The van der Waals surface area contributed by atoms with Gasteiger partial charge in [-0.1, -0.05) is 18.2 Å². The van der Waals surface area contributed by atoms with Crippen molar-refractivity contribution in [3.05, 3.63) is 69.7 Å². The number of hydrogen-bond donors (Lipinski definition) is 2. The van der Waals surface area contributed by atoms with Crippen LogP contribution in [0.2, 0.25) is 0 Å². The first-order chi connectivity index (χ1) is 10.8. The summed E-state index contributed by atoms with van der Waals surface area (Å²) in [5, 5.41) is 0. The summed E-state index contributed by atoms with van der Waals surface area (Å²) in [7, 11) is 0. The second-order valence-corrected chi connectivity index (χ2v) is 5.32. The van der Waals surface area contributed by atoms with Gasteiger partial charge in [-0.15, -0.1) is 0 Å². The molecule has 0 aliphatic rings. The lowest BCUT2D eigenvalue weighted by Gasteiger charge is -2.10. The highest BCUT2D eigenvalue weighted by molar-refractivity contribution is 9.10. The van der Waals surface area contributed by atoms with Crippen LogP contribution in [0.5, 0.6) is 0 Å². The highest BCUT2D eigenvalue weighted by atomic mass is 79.9. The van der Waals surface area contributed by atoms with Gasteiger partial charge in [0, 0.05) is 10.0 Å². The quantitative estimate of drug-likeness (QED) is 0.775. The number of hydrogen-bond acceptors (Lipinski definition) is 2. The van der Waals surface area contributed by atoms with Gasteiger partial charge in [0.25, 0.3) is 11.8 Å². The Morgan fingerprint density at radius 2 is 1.57 bits per heavy atom. The smallest absolute Gasteiger partial charge is 0.267 e. The lowest BCUT2D eigenvalue weighted by Crippen LogP contribution is -2.41. The fraction of sp³-hybridized carbons (Fsp3) is 0.0667. The fourth-order valence-electron chi connectivity index (χ4n) is 1.74. The Kier molecular flexibility index (Phi) is 5.05. The van der Waals surface area contributed by atoms with Crippen molar-refractivity contribution in [3.8, 4) is 0 Å². The van der Waals surface area contributed by atoms with Crippen LogP contribution >= 0.6 is 15.9 Å². The van der Waals surface area contributed by atoms with Crippen LogP contribution in [0, 0.1) is 0 Å². The number of carbonyl (C=O) groups is 2. The van der Waals surface area contributed by atoms with Crippen LogP contribution in [0.25, 0.3) is 0 Å².